The van der Waals surface area contributed by atoms with Gasteiger partial charge in [0.2, 0.25) is 0 Å². The molecule has 0 unspecified atom stereocenters. The van der Waals surface area contributed by atoms with Gasteiger partial charge in [-0.1, -0.05) is 34.1 Å². The van der Waals surface area contributed by atoms with Crippen LogP contribution in [-0.2, 0) is 6.54 Å². The van der Waals surface area contributed by atoms with Crippen molar-refractivity contribution in [3.63, 3.8) is 0 Å². The van der Waals surface area contributed by atoms with Gasteiger partial charge in [0.15, 0.2) is 0 Å². The maximum atomic E-state index is 14.1. The lowest BCUT2D eigenvalue weighted by Gasteiger charge is -2.08. The maximum Gasteiger partial charge on any atom is 0.145 e. The Bertz CT molecular complexity index is 830. The first-order valence-electron chi connectivity index (χ1n) is 6.11. The number of rotatable bonds is 2. The van der Waals surface area contributed by atoms with E-state index in [2.05, 4.69) is 15.9 Å². The Balaban J connectivity index is 2.07. The molecule has 20 heavy (non-hydrogen) atoms. The highest BCUT2D eigenvalue weighted by Gasteiger charge is 2.10. The molecule has 98 valence electrons. The fraction of sp³-hybridized carbons (Fsp3) is 0.0625. The van der Waals surface area contributed by atoms with E-state index in [1.807, 2.05) is 41.1 Å². The first-order chi connectivity index (χ1) is 9.70. The highest BCUT2D eigenvalue weighted by Crippen LogP contribution is 2.25. The van der Waals surface area contributed by atoms with Gasteiger partial charge in [0, 0.05) is 27.1 Å². The average Bonchev–Trinajstić information content (AvgIpc) is 2.86. The van der Waals surface area contributed by atoms with Crippen LogP contribution >= 0.6 is 15.9 Å². The molecule has 2 aromatic carbocycles. The highest BCUT2D eigenvalue weighted by molar-refractivity contribution is 9.10. The van der Waals surface area contributed by atoms with E-state index in [4.69, 9.17) is 5.26 Å². The number of halogens is 2. The predicted octanol–water partition coefficient (Wildman–Crippen LogP) is 4.46. The number of hydrogen-bond acceptors (Lipinski definition) is 1. The van der Waals surface area contributed by atoms with Crippen molar-refractivity contribution in [2.45, 2.75) is 6.54 Å². The quantitative estimate of drug-likeness (QED) is 0.682. The summed E-state index contributed by atoms with van der Waals surface area (Å²) in [6.45, 7) is 0.404. The monoisotopic (exact) mass is 328 g/mol. The second-order valence-electron chi connectivity index (χ2n) is 4.51. The van der Waals surface area contributed by atoms with Crippen molar-refractivity contribution in [2.24, 2.45) is 0 Å². The lowest BCUT2D eigenvalue weighted by atomic mass is 10.1. The van der Waals surface area contributed by atoms with Crippen LogP contribution in [-0.4, -0.2) is 4.57 Å². The van der Waals surface area contributed by atoms with Crippen LogP contribution < -0.4 is 0 Å². The van der Waals surface area contributed by atoms with Gasteiger partial charge in [0.25, 0.3) is 0 Å². The van der Waals surface area contributed by atoms with Gasteiger partial charge in [-0.05, 0) is 24.3 Å². The standard InChI is InChI=1S/C16H10BrFN2/c17-14-5-2-6-15-13(14)7-8-20(15)10-12-4-1-3-11(9-19)16(12)18/h1-8H,10H2. The third-order valence-electron chi connectivity index (χ3n) is 3.30. The maximum absolute atomic E-state index is 14.1. The molecule has 0 amide bonds. The summed E-state index contributed by atoms with van der Waals surface area (Å²) in [4.78, 5) is 0. The number of fused-ring (bicyclic) bond motifs is 1. The Morgan fingerprint density at radius 2 is 1.95 bits per heavy atom. The molecule has 0 fully saturated rings. The molecular weight excluding hydrogens is 319 g/mol. The summed E-state index contributed by atoms with van der Waals surface area (Å²) in [7, 11) is 0. The minimum atomic E-state index is -0.438. The highest BCUT2D eigenvalue weighted by atomic mass is 79.9. The van der Waals surface area contributed by atoms with E-state index in [1.165, 1.54) is 6.07 Å². The number of benzene rings is 2. The zero-order valence-corrected chi connectivity index (χ0v) is 12.1. The van der Waals surface area contributed by atoms with Crippen molar-refractivity contribution >= 4 is 26.8 Å². The van der Waals surface area contributed by atoms with E-state index < -0.39 is 5.82 Å². The molecule has 0 bridgehead atoms. The third kappa shape index (κ3) is 2.10. The van der Waals surface area contributed by atoms with Crippen LogP contribution in [0.15, 0.2) is 53.1 Å². The van der Waals surface area contributed by atoms with Crippen molar-refractivity contribution in [1.29, 1.82) is 5.26 Å². The molecular formula is C16H10BrFN2. The van der Waals surface area contributed by atoms with E-state index in [9.17, 15) is 4.39 Å². The van der Waals surface area contributed by atoms with Crippen LogP contribution in [0.25, 0.3) is 10.9 Å². The summed E-state index contributed by atoms with van der Waals surface area (Å²) in [5, 5.41) is 9.96. The molecule has 0 radical (unpaired) electrons. The molecule has 0 spiro atoms. The van der Waals surface area contributed by atoms with Gasteiger partial charge in [-0.2, -0.15) is 5.26 Å². The number of aromatic nitrogens is 1. The fourth-order valence-corrected chi connectivity index (χ4v) is 2.78. The van der Waals surface area contributed by atoms with Crippen LogP contribution in [0, 0.1) is 17.1 Å². The zero-order chi connectivity index (χ0) is 14.1. The lowest BCUT2D eigenvalue weighted by Crippen LogP contribution is -2.02. The first-order valence-corrected chi connectivity index (χ1v) is 6.91. The van der Waals surface area contributed by atoms with Gasteiger partial charge in [-0.15, -0.1) is 0 Å². The van der Waals surface area contributed by atoms with Crippen LogP contribution in [0.1, 0.15) is 11.1 Å². The van der Waals surface area contributed by atoms with Crippen LogP contribution in [0.2, 0.25) is 0 Å². The van der Waals surface area contributed by atoms with Crippen molar-refractivity contribution in [3.8, 4) is 6.07 Å². The van der Waals surface area contributed by atoms with E-state index in [1.54, 1.807) is 12.1 Å². The second kappa shape index (κ2) is 5.10. The van der Waals surface area contributed by atoms with Gasteiger partial charge >= 0.3 is 0 Å². The van der Waals surface area contributed by atoms with Crippen LogP contribution in [0.5, 0.6) is 0 Å². The summed E-state index contributed by atoms with van der Waals surface area (Å²) in [6, 6.07) is 14.7. The molecule has 1 aromatic heterocycles. The third-order valence-corrected chi connectivity index (χ3v) is 3.99. The smallest absolute Gasteiger partial charge is 0.145 e. The molecule has 0 aliphatic carbocycles. The molecule has 0 atom stereocenters. The van der Waals surface area contributed by atoms with Gasteiger partial charge in [-0.25, -0.2) is 4.39 Å². The molecule has 3 rings (SSSR count). The predicted molar refractivity (Wildman–Crippen MR) is 79.9 cm³/mol. The number of nitrogens with zero attached hydrogens (tertiary/aromatic N) is 2. The van der Waals surface area contributed by atoms with E-state index >= 15 is 0 Å². The molecule has 0 aliphatic rings. The molecule has 0 saturated heterocycles. The molecule has 3 aromatic rings. The Morgan fingerprint density at radius 3 is 2.75 bits per heavy atom. The van der Waals surface area contributed by atoms with Crippen molar-refractivity contribution in [1.82, 2.24) is 4.57 Å². The Kier molecular flexibility index (Phi) is 3.29. The molecule has 0 saturated carbocycles. The molecule has 4 heteroatoms. The van der Waals surface area contributed by atoms with Crippen molar-refractivity contribution in [3.05, 3.63) is 70.1 Å². The summed E-state index contributed by atoms with van der Waals surface area (Å²) < 4.78 is 17.1. The number of nitriles is 1. The van der Waals surface area contributed by atoms with Crippen molar-refractivity contribution < 1.29 is 4.39 Å². The minimum Gasteiger partial charge on any atom is -0.343 e. The van der Waals surface area contributed by atoms with Gasteiger partial charge in [-0.3, -0.25) is 0 Å². The normalized spacial score (nSPS) is 10.7. The van der Waals surface area contributed by atoms with Gasteiger partial charge in [0.05, 0.1) is 12.1 Å². The summed E-state index contributed by atoms with van der Waals surface area (Å²) >= 11 is 3.50. The average molecular weight is 329 g/mol. The Hall–Kier alpha value is -2.12. The van der Waals surface area contributed by atoms with E-state index in [0.717, 1.165) is 15.4 Å². The first kappa shape index (κ1) is 12.9. The van der Waals surface area contributed by atoms with E-state index in [0.29, 0.717) is 12.1 Å². The van der Waals surface area contributed by atoms with Gasteiger partial charge in [0.1, 0.15) is 11.9 Å². The molecule has 0 aliphatic heterocycles. The van der Waals surface area contributed by atoms with Crippen LogP contribution in [0.4, 0.5) is 4.39 Å². The summed E-state index contributed by atoms with van der Waals surface area (Å²) in [5.41, 5.74) is 1.63. The minimum absolute atomic E-state index is 0.0835. The largest absolute Gasteiger partial charge is 0.343 e. The summed E-state index contributed by atoms with van der Waals surface area (Å²) in [6.07, 6.45) is 1.92. The topological polar surface area (TPSA) is 28.7 Å². The Morgan fingerprint density at radius 1 is 1.15 bits per heavy atom. The fourth-order valence-electron chi connectivity index (χ4n) is 2.30. The SMILES string of the molecule is N#Cc1cccc(Cn2ccc3c(Br)cccc32)c1F. The second-order valence-corrected chi connectivity index (χ2v) is 5.36. The molecule has 2 nitrogen and oxygen atoms in total. The van der Waals surface area contributed by atoms with Crippen LogP contribution in [0.3, 0.4) is 0 Å². The Labute approximate surface area is 124 Å². The van der Waals surface area contributed by atoms with Crippen molar-refractivity contribution in [2.75, 3.05) is 0 Å². The van der Waals surface area contributed by atoms with E-state index in [-0.39, 0.29) is 5.56 Å². The zero-order valence-electron chi connectivity index (χ0n) is 10.5. The number of hydrogen-bond donors (Lipinski definition) is 0. The lowest BCUT2D eigenvalue weighted by molar-refractivity contribution is 0.598. The van der Waals surface area contributed by atoms with Gasteiger partial charge < -0.3 is 4.57 Å². The molecule has 0 N–H and O–H groups in total. The summed E-state index contributed by atoms with van der Waals surface area (Å²) in [5.74, 6) is -0.438. The molecule has 1 heterocycles.